The molecule has 0 aliphatic heterocycles. The largest absolute Gasteiger partial charge is 0.326 e. The summed E-state index contributed by atoms with van der Waals surface area (Å²) >= 11 is 0. The van der Waals surface area contributed by atoms with Crippen LogP contribution in [0.15, 0.2) is 67.3 Å². The Morgan fingerprint density at radius 1 is 0.963 bits per heavy atom. The Balaban J connectivity index is 1.30. The van der Waals surface area contributed by atoms with Gasteiger partial charge in [-0.15, -0.1) is 10.2 Å². The minimum absolute atomic E-state index is 0.0964. The Bertz CT molecular complexity index is 868. The molecule has 1 fully saturated rings. The summed E-state index contributed by atoms with van der Waals surface area (Å²) in [5.74, 6) is 1.22. The number of hydrogen-bond acceptors (Lipinski definition) is 3. The van der Waals surface area contributed by atoms with Gasteiger partial charge in [-0.1, -0.05) is 36.4 Å². The minimum Gasteiger partial charge on any atom is -0.326 e. The number of benzene rings is 2. The van der Waals surface area contributed by atoms with Crippen LogP contribution in [0.4, 0.5) is 5.69 Å². The van der Waals surface area contributed by atoms with Crippen LogP contribution in [0, 0.1) is 5.92 Å². The molecule has 1 amide bonds. The van der Waals surface area contributed by atoms with Crippen molar-refractivity contribution in [2.24, 2.45) is 5.92 Å². The van der Waals surface area contributed by atoms with E-state index in [0.29, 0.717) is 18.3 Å². The molecule has 0 unspecified atom stereocenters. The SMILES string of the molecule is O=C(CC1CCC(c2ccccc2)CC1)Nc1cccc(-n2cnnc2)c1. The van der Waals surface area contributed by atoms with Crippen molar-refractivity contribution in [1.82, 2.24) is 14.8 Å². The molecular formula is C22H24N4O. The van der Waals surface area contributed by atoms with Gasteiger partial charge < -0.3 is 5.32 Å². The van der Waals surface area contributed by atoms with Gasteiger partial charge in [0.15, 0.2) is 0 Å². The van der Waals surface area contributed by atoms with E-state index in [9.17, 15) is 4.79 Å². The number of rotatable bonds is 5. The Kier molecular flexibility index (Phi) is 5.28. The van der Waals surface area contributed by atoms with Gasteiger partial charge in [-0.05, 0) is 61.3 Å². The summed E-state index contributed by atoms with van der Waals surface area (Å²) in [4.78, 5) is 12.5. The summed E-state index contributed by atoms with van der Waals surface area (Å²) in [6.45, 7) is 0. The second-order valence-electron chi connectivity index (χ2n) is 7.30. The Morgan fingerprint density at radius 2 is 1.70 bits per heavy atom. The molecule has 1 saturated carbocycles. The molecule has 0 radical (unpaired) electrons. The molecule has 0 bridgehead atoms. The molecule has 1 N–H and O–H groups in total. The standard InChI is InChI=1S/C22H24N4O/c27-22(25-20-7-4-8-21(14-20)26-15-23-24-16-26)13-17-9-11-19(12-10-17)18-5-2-1-3-6-18/h1-8,14-17,19H,9-13H2,(H,25,27). The van der Waals surface area contributed by atoms with E-state index in [-0.39, 0.29) is 5.91 Å². The van der Waals surface area contributed by atoms with Gasteiger partial charge in [0.25, 0.3) is 0 Å². The van der Waals surface area contributed by atoms with Crippen molar-refractivity contribution < 1.29 is 4.79 Å². The van der Waals surface area contributed by atoms with E-state index in [0.717, 1.165) is 24.2 Å². The maximum absolute atomic E-state index is 12.5. The van der Waals surface area contributed by atoms with Crippen LogP contribution in [0.25, 0.3) is 5.69 Å². The third-order valence-electron chi connectivity index (χ3n) is 5.44. The molecule has 1 aromatic heterocycles. The Hall–Kier alpha value is -2.95. The van der Waals surface area contributed by atoms with E-state index in [2.05, 4.69) is 45.8 Å². The summed E-state index contributed by atoms with van der Waals surface area (Å²) in [6.07, 6.45) is 8.47. The Labute approximate surface area is 159 Å². The molecule has 0 atom stereocenters. The first kappa shape index (κ1) is 17.5. The maximum atomic E-state index is 12.5. The van der Waals surface area contributed by atoms with Gasteiger partial charge in [0.1, 0.15) is 12.7 Å². The average molecular weight is 360 g/mol. The van der Waals surface area contributed by atoms with E-state index in [1.807, 2.05) is 28.8 Å². The molecule has 2 aromatic carbocycles. The van der Waals surface area contributed by atoms with Crippen molar-refractivity contribution in [3.8, 4) is 5.69 Å². The van der Waals surface area contributed by atoms with E-state index >= 15 is 0 Å². The van der Waals surface area contributed by atoms with Gasteiger partial charge in [0, 0.05) is 12.1 Å². The summed E-state index contributed by atoms with van der Waals surface area (Å²) < 4.78 is 1.82. The zero-order valence-electron chi connectivity index (χ0n) is 15.3. The highest BCUT2D eigenvalue weighted by Crippen LogP contribution is 2.37. The number of anilines is 1. The van der Waals surface area contributed by atoms with Gasteiger partial charge in [-0.25, -0.2) is 0 Å². The molecule has 1 aliphatic rings. The number of carbonyl (C=O) groups is 1. The van der Waals surface area contributed by atoms with E-state index < -0.39 is 0 Å². The fraction of sp³-hybridized carbons (Fsp3) is 0.318. The minimum atomic E-state index is 0.0964. The molecule has 1 aliphatic carbocycles. The molecular weight excluding hydrogens is 336 g/mol. The average Bonchev–Trinajstić information content (AvgIpc) is 3.24. The number of nitrogens with one attached hydrogen (secondary N) is 1. The first-order valence-corrected chi connectivity index (χ1v) is 9.58. The number of hydrogen-bond donors (Lipinski definition) is 1. The van der Waals surface area contributed by atoms with Crippen LogP contribution in [0.1, 0.15) is 43.6 Å². The van der Waals surface area contributed by atoms with Crippen molar-refractivity contribution in [3.05, 3.63) is 72.8 Å². The van der Waals surface area contributed by atoms with Gasteiger partial charge >= 0.3 is 0 Å². The topological polar surface area (TPSA) is 59.8 Å². The first-order chi connectivity index (χ1) is 13.3. The summed E-state index contributed by atoms with van der Waals surface area (Å²) in [5, 5.41) is 10.7. The number of amides is 1. The van der Waals surface area contributed by atoms with E-state index in [1.165, 1.54) is 18.4 Å². The van der Waals surface area contributed by atoms with E-state index in [4.69, 9.17) is 0 Å². The maximum Gasteiger partial charge on any atom is 0.224 e. The lowest BCUT2D eigenvalue weighted by atomic mass is 9.77. The second kappa shape index (κ2) is 8.16. The van der Waals surface area contributed by atoms with Crippen LogP contribution >= 0.6 is 0 Å². The highest BCUT2D eigenvalue weighted by atomic mass is 16.1. The number of nitrogens with zero attached hydrogens (tertiary/aromatic N) is 3. The fourth-order valence-electron chi connectivity index (χ4n) is 3.98. The number of aromatic nitrogens is 3. The van der Waals surface area contributed by atoms with Gasteiger partial charge in [0.2, 0.25) is 5.91 Å². The zero-order valence-corrected chi connectivity index (χ0v) is 15.3. The van der Waals surface area contributed by atoms with E-state index in [1.54, 1.807) is 12.7 Å². The molecule has 5 heteroatoms. The predicted molar refractivity (Wildman–Crippen MR) is 106 cm³/mol. The van der Waals surface area contributed by atoms with Gasteiger partial charge in [-0.3, -0.25) is 9.36 Å². The van der Waals surface area contributed by atoms with Gasteiger partial charge in [0.05, 0.1) is 5.69 Å². The molecule has 0 saturated heterocycles. The second-order valence-corrected chi connectivity index (χ2v) is 7.30. The Morgan fingerprint density at radius 3 is 2.44 bits per heavy atom. The fourth-order valence-corrected chi connectivity index (χ4v) is 3.98. The molecule has 27 heavy (non-hydrogen) atoms. The van der Waals surface area contributed by atoms with Gasteiger partial charge in [-0.2, -0.15) is 0 Å². The van der Waals surface area contributed by atoms with Crippen LogP contribution in [0.3, 0.4) is 0 Å². The summed E-state index contributed by atoms with van der Waals surface area (Å²) in [6, 6.07) is 18.5. The monoisotopic (exact) mass is 360 g/mol. The third kappa shape index (κ3) is 4.42. The number of carbonyl (C=O) groups excluding carboxylic acids is 1. The van der Waals surface area contributed by atoms with Crippen LogP contribution < -0.4 is 5.32 Å². The zero-order chi connectivity index (χ0) is 18.5. The smallest absolute Gasteiger partial charge is 0.224 e. The van der Waals surface area contributed by atoms with Crippen molar-refractivity contribution in [3.63, 3.8) is 0 Å². The van der Waals surface area contributed by atoms with Crippen molar-refractivity contribution in [2.45, 2.75) is 38.0 Å². The lowest BCUT2D eigenvalue weighted by Crippen LogP contribution is -2.20. The van der Waals surface area contributed by atoms with Crippen molar-refractivity contribution in [1.29, 1.82) is 0 Å². The lowest BCUT2D eigenvalue weighted by Gasteiger charge is -2.28. The first-order valence-electron chi connectivity index (χ1n) is 9.58. The van der Waals surface area contributed by atoms with Crippen LogP contribution in [0.5, 0.6) is 0 Å². The molecule has 4 rings (SSSR count). The molecule has 0 spiro atoms. The lowest BCUT2D eigenvalue weighted by molar-refractivity contribution is -0.117. The van der Waals surface area contributed by atoms with Crippen molar-refractivity contribution in [2.75, 3.05) is 5.32 Å². The summed E-state index contributed by atoms with van der Waals surface area (Å²) in [5.41, 5.74) is 3.18. The highest BCUT2D eigenvalue weighted by molar-refractivity contribution is 5.91. The summed E-state index contributed by atoms with van der Waals surface area (Å²) in [7, 11) is 0. The quantitative estimate of drug-likeness (QED) is 0.725. The third-order valence-corrected chi connectivity index (χ3v) is 5.44. The van der Waals surface area contributed by atoms with Crippen LogP contribution in [-0.4, -0.2) is 20.7 Å². The predicted octanol–water partition coefficient (Wildman–Crippen LogP) is 4.57. The van der Waals surface area contributed by atoms with Crippen LogP contribution in [-0.2, 0) is 4.79 Å². The molecule has 138 valence electrons. The van der Waals surface area contributed by atoms with Crippen LogP contribution in [0.2, 0.25) is 0 Å². The molecule has 1 heterocycles. The normalized spacial score (nSPS) is 19.6. The van der Waals surface area contributed by atoms with Crippen molar-refractivity contribution >= 4 is 11.6 Å². The molecule has 5 nitrogen and oxygen atoms in total. The highest BCUT2D eigenvalue weighted by Gasteiger charge is 2.24. The molecule has 3 aromatic rings.